The molecule has 23 heavy (non-hydrogen) atoms. The third-order valence-electron chi connectivity index (χ3n) is 4.08. The Hall–Kier alpha value is -1.66. The monoisotopic (exact) mass is 334 g/mol. The molecule has 1 aliphatic rings. The van der Waals surface area contributed by atoms with E-state index in [0.717, 1.165) is 57.9 Å². The average Bonchev–Trinajstić information content (AvgIpc) is 2.85. The summed E-state index contributed by atoms with van der Waals surface area (Å²) in [6.45, 7) is 8.09. The summed E-state index contributed by atoms with van der Waals surface area (Å²) in [5.74, 6) is 0.847. The van der Waals surface area contributed by atoms with Gasteiger partial charge in [0.2, 0.25) is 0 Å². The molecule has 0 N–H and O–H groups in total. The normalized spacial score (nSPS) is 16.5. The fourth-order valence-electron chi connectivity index (χ4n) is 2.98. The lowest BCUT2D eigenvalue weighted by Crippen LogP contribution is -2.31. The Bertz CT molecular complexity index is 629. The van der Waals surface area contributed by atoms with Crippen molar-refractivity contribution in [2.45, 2.75) is 32.9 Å². The Morgan fingerprint density at radius 3 is 2.91 bits per heavy atom. The topological polar surface area (TPSA) is 50.1 Å². The van der Waals surface area contributed by atoms with Crippen molar-refractivity contribution in [3.05, 3.63) is 35.5 Å². The maximum absolute atomic E-state index is 6.22. The molecular weight excluding hydrogens is 312 g/mol. The minimum Gasteiger partial charge on any atom is -0.354 e. The Morgan fingerprint density at radius 1 is 1.17 bits per heavy atom. The molecule has 1 saturated heterocycles. The highest BCUT2D eigenvalue weighted by Gasteiger charge is 2.18. The Kier molecular flexibility index (Phi) is 5.46. The van der Waals surface area contributed by atoms with Gasteiger partial charge in [-0.05, 0) is 12.8 Å². The van der Waals surface area contributed by atoms with E-state index in [9.17, 15) is 0 Å². The van der Waals surface area contributed by atoms with Crippen LogP contribution < -0.4 is 4.90 Å². The molecule has 1 fully saturated rings. The molecule has 0 radical (unpaired) electrons. The SMILES string of the molecule is CCCn1cc(CN2CCCN(c3ncncc3Cl)CC2)cn1. The molecule has 0 atom stereocenters. The number of rotatable bonds is 5. The molecule has 3 rings (SSSR count). The Labute approximate surface area is 142 Å². The quantitative estimate of drug-likeness (QED) is 0.840. The molecular formula is C16H23ClN6. The van der Waals surface area contributed by atoms with Crippen LogP contribution in [0.25, 0.3) is 0 Å². The molecule has 7 heteroatoms. The van der Waals surface area contributed by atoms with E-state index in [1.54, 1.807) is 12.5 Å². The number of aromatic nitrogens is 4. The third kappa shape index (κ3) is 4.20. The van der Waals surface area contributed by atoms with Crippen molar-refractivity contribution in [1.29, 1.82) is 0 Å². The minimum absolute atomic E-state index is 0.627. The van der Waals surface area contributed by atoms with Gasteiger partial charge < -0.3 is 4.90 Å². The first-order chi connectivity index (χ1) is 11.3. The molecule has 0 aromatic carbocycles. The summed E-state index contributed by atoms with van der Waals surface area (Å²) in [6, 6.07) is 0. The summed E-state index contributed by atoms with van der Waals surface area (Å²) < 4.78 is 2.03. The lowest BCUT2D eigenvalue weighted by atomic mass is 10.3. The van der Waals surface area contributed by atoms with Gasteiger partial charge in [0.05, 0.1) is 12.4 Å². The molecule has 1 aliphatic heterocycles. The van der Waals surface area contributed by atoms with Gasteiger partial charge in [-0.15, -0.1) is 0 Å². The molecule has 6 nitrogen and oxygen atoms in total. The zero-order valence-corrected chi connectivity index (χ0v) is 14.3. The van der Waals surface area contributed by atoms with Crippen LogP contribution in [-0.4, -0.2) is 50.8 Å². The molecule has 2 aromatic rings. The Morgan fingerprint density at radius 2 is 2.09 bits per heavy atom. The van der Waals surface area contributed by atoms with Gasteiger partial charge in [0.1, 0.15) is 11.3 Å². The number of hydrogen-bond donors (Lipinski definition) is 0. The molecule has 0 saturated carbocycles. The molecule has 0 aliphatic carbocycles. The zero-order valence-electron chi connectivity index (χ0n) is 13.5. The van der Waals surface area contributed by atoms with Crippen LogP contribution in [0.3, 0.4) is 0 Å². The number of aryl methyl sites for hydroxylation is 1. The molecule has 0 unspecified atom stereocenters. The van der Waals surface area contributed by atoms with Crippen molar-refractivity contribution < 1.29 is 0 Å². The van der Waals surface area contributed by atoms with Crippen LogP contribution in [0.4, 0.5) is 5.82 Å². The standard InChI is InChI=1S/C16H23ClN6/c1-2-4-23-12-14(9-20-23)11-21-5-3-6-22(8-7-21)16-15(17)10-18-13-19-16/h9-10,12-13H,2-8,11H2,1H3. The first-order valence-electron chi connectivity index (χ1n) is 8.20. The molecule has 0 amide bonds. The number of hydrogen-bond acceptors (Lipinski definition) is 5. The van der Waals surface area contributed by atoms with Crippen LogP contribution in [0.5, 0.6) is 0 Å². The van der Waals surface area contributed by atoms with Gasteiger partial charge in [0, 0.05) is 51.0 Å². The molecule has 0 bridgehead atoms. The summed E-state index contributed by atoms with van der Waals surface area (Å²) in [5.41, 5.74) is 1.28. The summed E-state index contributed by atoms with van der Waals surface area (Å²) in [5, 5.41) is 5.04. The first kappa shape index (κ1) is 16.2. The summed E-state index contributed by atoms with van der Waals surface area (Å²) >= 11 is 6.22. The lowest BCUT2D eigenvalue weighted by molar-refractivity contribution is 0.285. The maximum atomic E-state index is 6.22. The van der Waals surface area contributed by atoms with Gasteiger partial charge in [-0.25, -0.2) is 9.97 Å². The van der Waals surface area contributed by atoms with Gasteiger partial charge in [-0.3, -0.25) is 9.58 Å². The molecule has 3 heterocycles. The van der Waals surface area contributed by atoms with Crippen LogP contribution in [0.1, 0.15) is 25.3 Å². The van der Waals surface area contributed by atoms with Crippen LogP contribution in [-0.2, 0) is 13.1 Å². The number of halogens is 1. The van der Waals surface area contributed by atoms with Gasteiger partial charge in [0.15, 0.2) is 5.82 Å². The van der Waals surface area contributed by atoms with Gasteiger partial charge >= 0.3 is 0 Å². The molecule has 0 spiro atoms. The fourth-order valence-corrected chi connectivity index (χ4v) is 3.20. The van der Waals surface area contributed by atoms with Crippen molar-refractivity contribution in [2.75, 3.05) is 31.1 Å². The van der Waals surface area contributed by atoms with Crippen LogP contribution >= 0.6 is 11.6 Å². The Balaban J connectivity index is 1.59. The van der Waals surface area contributed by atoms with E-state index in [1.165, 1.54) is 5.56 Å². The maximum Gasteiger partial charge on any atom is 0.150 e. The lowest BCUT2D eigenvalue weighted by Gasteiger charge is -2.23. The van der Waals surface area contributed by atoms with Gasteiger partial charge in [-0.1, -0.05) is 18.5 Å². The van der Waals surface area contributed by atoms with Crippen molar-refractivity contribution in [1.82, 2.24) is 24.6 Å². The second kappa shape index (κ2) is 7.75. The largest absolute Gasteiger partial charge is 0.354 e. The van der Waals surface area contributed by atoms with Crippen molar-refractivity contribution in [3.63, 3.8) is 0 Å². The summed E-state index contributed by atoms with van der Waals surface area (Å²) in [4.78, 5) is 13.0. The highest BCUT2D eigenvalue weighted by molar-refractivity contribution is 6.32. The minimum atomic E-state index is 0.627. The van der Waals surface area contributed by atoms with Crippen molar-refractivity contribution in [3.8, 4) is 0 Å². The van der Waals surface area contributed by atoms with E-state index in [-0.39, 0.29) is 0 Å². The van der Waals surface area contributed by atoms with E-state index >= 15 is 0 Å². The second-order valence-corrected chi connectivity index (χ2v) is 6.33. The van der Waals surface area contributed by atoms with Crippen LogP contribution in [0.2, 0.25) is 5.02 Å². The van der Waals surface area contributed by atoms with Gasteiger partial charge in [-0.2, -0.15) is 5.10 Å². The van der Waals surface area contributed by atoms with Gasteiger partial charge in [0.25, 0.3) is 0 Å². The van der Waals surface area contributed by atoms with E-state index in [2.05, 4.69) is 38.0 Å². The van der Waals surface area contributed by atoms with E-state index < -0.39 is 0 Å². The summed E-state index contributed by atoms with van der Waals surface area (Å²) in [6.07, 6.45) is 9.58. The molecule has 2 aromatic heterocycles. The predicted molar refractivity (Wildman–Crippen MR) is 91.7 cm³/mol. The average molecular weight is 335 g/mol. The van der Waals surface area contributed by atoms with E-state index in [1.807, 2.05) is 10.9 Å². The van der Waals surface area contributed by atoms with Crippen LogP contribution in [0, 0.1) is 0 Å². The van der Waals surface area contributed by atoms with E-state index in [4.69, 9.17) is 11.6 Å². The van der Waals surface area contributed by atoms with E-state index in [0.29, 0.717) is 5.02 Å². The van der Waals surface area contributed by atoms with Crippen molar-refractivity contribution in [2.24, 2.45) is 0 Å². The first-order valence-corrected chi connectivity index (χ1v) is 8.58. The predicted octanol–water partition coefficient (Wildman–Crippen LogP) is 2.45. The number of nitrogens with zero attached hydrogens (tertiary/aromatic N) is 6. The molecule has 124 valence electrons. The number of anilines is 1. The van der Waals surface area contributed by atoms with Crippen molar-refractivity contribution >= 4 is 17.4 Å². The summed E-state index contributed by atoms with van der Waals surface area (Å²) in [7, 11) is 0. The second-order valence-electron chi connectivity index (χ2n) is 5.92. The fraction of sp³-hybridized carbons (Fsp3) is 0.562. The third-order valence-corrected chi connectivity index (χ3v) is 4.35. The smallest absolute Gasteiger partial charge is 0.150 e. The highest BCUT2D eigenvalue weighted by Crippen LogP contribution is 2.22. The zero-order chi connectivity index (χ0) is 16.1. The highest BCUT2D eigenvalue weighted by atomic mass is 35.5. The van der Waals surface area contributed by atoms with Crippen LogP contribution in [0.15, 0.2) is 24.9 Å².